The van der Waals surface area contributed by atoms with Gasteiger partial charge in [0.1, 0.15) is 5.75 Å². The van der Waals surface area contributed by atoms with E-state index >= 15 is 0 Å². The van der Waals surface area contributed by atoms with Crippen molar-refractivity contribution in [3.8, 4) is 5.75 Å². The normalized spacial score (nSPS) is 10.9. The summed E-state index contributed by atoms with van der Waals surface area (Å²) in [7, 11) is 0. The van der Waals surface area contributed by atoms with Crippen LogP contribution in [0.3, 0.4) is 0 Å². The first-order chi connectivity index (χ1) is 11.7. The Morgan fingerprint density at radius 3 is 2.32 bits per heavy atom. The standard InChI is InChI=1S/C19H21ClN2O3/c1-19(2,3)18(24)22-15-5-4-6-16(11-15)25-12-17(23)21-14-9-7-13(20)8-10-14/h4-11H,12H2,1-3H3,(H,21,23)(H,22,24). The molecule has 0 saturated heterocycles. The predicted octanol–water partition coefficient (Wildman–Crippen LogP) is 4.34. The summed E-state index contributed by atoms with van der Waals surface area (Å²) in [5.74, 6) is 0.120. The van der Waals surface area contributed by atoms with Gasteiger partial charge in [-0.05, 0) is 36.4 Å². The SMILES string of the molecule is CC(C)(C)C(=O)Nc1cccc(OCC(=O)Nc2ccc(Cl)cc2)c1. The fourth-order valence-electron chi connectivity index (χ4n) is 1.86. The van der Waals surface area contributed by atoms with Crippen LogP contribution >= 0.6 is 11.6 Å². The lowest BCUT2D eigenvalue weighted by Crippen LogP contribution is -2.27. The molecule has 132 valence electrons. The van der Waals surface area contributed by atoms with E-state index < -0.39 is 5.41 Å². The van der Waals surface area contributed by atoms with Crippen molar-refractivity contribution < 1.29 is 14.3 Å². The van der Waals surface area contributed by atoms with Gasteiger partial charge in [0.15, 0.2) is 6.61 Å². The molecule has 0 atom stereocenters. The van der Waals surface area contributed by atoms with Crippen LogP contribution in [0.4, 0.5) is 11.4 Å². The van der Waals surface area contributed by atoms with E-state index in [0.717, 1.165) is 0 Å². The summed E-state index contributed by atoms with van der Waals surface area (Å²) in [5.41, 5.74) is 0.773. The maximum absolute atomic E-state index is 12.0. The Balaban J connectivity index is 1.90. The molecule has 2 aromatic carbocycles. The second-order valence-electron chi connectivity index (χ2n) is 6.58. The monoisotopic (exact) mass is 360 g/mol. The van der Waals surface area contributed by atoms with E-state index in [1.165, 1.54) is 0 Å². The summed E-state index contributed by atoms with van der Waals surface area (Å²) in [6.45, 7) is 5.37. The summed E-state index contributed by atoms with van der Waals surface area (Å²) >= 11 is 5.80. The number of carbonyl (C=O) groups is 2. The van der Waals surface area contributed by atoms with Gasteiger partial charge >= 0.3 is 0 Å². The summed E-state index contributed by atoms with van der Waals surface area (Å²) in [4.78, 5) is 23.9. The van der Waals surface area contributed by atoms with Gasteiger partial charge in [-0.2, -0.15) is 0 Å². The Labute approximate surface area is 152 Å². The summed E-state index contributed by atoms with van der Waals surface area (Å²) < 4.78 is 5.48. The minimum absolute atomic E-state index is 0.0925. The number of rotatable bonds is 5. The number of anilines is 2. The minimum atomic E-state index is -0.491. The topological polar surface area (TPSA) is 67.4 Å². The molecule has 2 N–H and O–H groups in total. The molecule has 0 aliphatic heterocycles. The highest BCUT2D eigenvalue weighted by Gasteiger charge is 2.21. The van der Waals surface area contributed by atoms with Crippen molar-refractivity contribution in [2.75, 3.05) is 17.2 Å². The van der Waals surface area contributed by atoms with Gasteiger partial charge in [0.05, 0.1) is 0 Å². The Morgan fingerprint density at radius 1 is 1.00 bits per heavy atom. The number of carbonyl (C=O) groups excluding carboxylic acids is 2. The molecular formula is C19H21ClN2O3. The van der Waals surface area contributed by atoms with Crippen molar-refractivity contribution in [1.82, 2.24) is 0 Å². The fourth-order valence-corrected chi connectivity index (χ4v) is 1.99. The van der Waals surface area contributed by atoms with Crippen molar-refractivity contribution in [3.05, 3.63) is 53.6 Å². The third-order valence-electron chi connectivity index (χ3n) is 3.27. The first-order valence-electron chi connectivity index (χ1n) is 7.84. The molecule has 6 heteroatoms. The number of halogens is 1. The van der Waals surface area contributed by atoms with E-state index in [1.54, 1.807) is 48.5 Å². The highest BCUT2D eigenvalue weighted by molar-refractivity contribution is 6.30. The molecule has 0 unspecified atom stereocenters. The average molecular weight is 361 g/mol. The molecule has 0 heterocycles. The first kappa shape index (κ1) is 18.8. The molecule has 0 spiro atoms. The van der Waals surface area contributed by atoms with Gasteiger partial charge in [0.25, 0.3) is 5.91 Å². The smallest absolute Gasteiger partial charge is 0.262 e. The molecule has 0 aliphatic carbocycles. The van der Waals surface area contributed by atoms with Crippen LogP contribution in [0.2, 0.25) is 5.02 Å². The Hall–Kier alpha value is -2.53. The van der Waals surface area contributed by atoms with Crippen LogP contribution in [0.25, 0.3) is 0 Å². The van der Waals surface area contributed by atoms with Gasteiger partial charge in [-0.1, -0.05) is 38.4 Å². The van der Waals surface area contributed by atoms with Crippen LogP contribution in [0, 0.1) is 5.41 Å². The molecular weight excluding hydrogens is 340 g/mol. The fraction of sp³-hybridized carbons (Fsp3) is 0.263. The predicted molar refractivity (Wildman–Crippen MR) is 100 cm³/mol. The van der Waals surface area contributed by atoms with Crippen molar-refractivity contribution in [3.63, 3.8) is 0 Å². The van der Waals surface area contributed by atoms with E-state index in [2.05, 4.69) is 10.6 Å². The maximum atomic E-state index is 12.0. The lowest BCUT2D eigenvalue weighted by atomic mass is 9.95. The number of amides is 2. The van der Waals surface area contributed by atoms with E-state index in [-0.39, 0.29) is 18.4 Å². The lowest BCUT2D eigenvalue weighted by Gasteiger charge is -2.18. The van der Waals surface area contributed by atoms with Crippen molar-refractivity contribution in [1.29, 1.82) is 0 Å². The van der Waals surface area contributed by atoms with Crippen LogP contribution in [-0.4, -0.2) is 18.4 Å². The minimum Gasteiger partial charge on any atom is -0.484 e. The summed E-state index contributed by atoms with van der Waals surface area (Å²) in [6.07, 6.45) is 0. The van der Waals surface area contributed by atoms with Crippen LogP contribution < -0.4 is 15.4 Å². The van der Waals surface area contributed by atoms with Gasteiger partial charge in [-0.3, -0.25) is 9.59 Å². The van der Waals surface area contributed by atoms with Crippen LogP contribution in [-0.2, 0) is 9.59 Å². The van der Waals surface area contributed by atoms with E-state index in [9.17, 15) is 9.59 Å². The Bertz CT molecular complexity index is 752. The largest absolute Gasteiger partial charge is 0.484 e. The molecule has 0 aromatic heterocycles. The molecule has 5 nitrogen and oxygen atoms in total. The number of hydrogen-bond donors (Lipinski definition) is 2. The number of hydrogen-bond acceptors (Lipinski definition) is 3. The van der Waals surface area contributed by atoms with E-state index in [1.807, 2.05) is 20.8 Å². The molecule has 25 heavy (non-hydrogen) atoms. The Morgan fingerprint density at radius 2 is 1.68 bits per heavy atom. The average Bonchev–Trinajstić information content (AvgIpc) is 2.55. The maximum Gasteiger partial charge on any atom is 0.262 e. The molecule has 0 fully saturated rings. The van der Waals surface area contributed by atoms with Crippen molar-refractivity contribution in [2.24, 2.45) is 5.41 Å². The van der Waals surface area contributed by atoms with E-state index in [4.69, 9.17) is 16.3 Å². The number of ether oxygens (including phenoxy) is 1. The van der Waals surface area contributed by atoms with Crippen LogP contribution in [0.5, 0.6) is 5.75 Å². The van der Waals surface area contributed by atoms with Gasteiger partial charge in [0.2, 0.25) is 5.91 Å². The second kappa shape index (κ2) is 8.03. The number of benzene rings is 2. The molecule has 0 radical (unpaired) electrons. The molecule has 2 aromatic rings. The lowest BCUT2D eigenvalue weighted by molar-refractivity contribution is -0.123. The van der Waals surface area contributed by atoms with Crippen molar-refractivity contribution >= 4 is 34.8 Å². The second-order valence-corrected chi connectivity index (χ2v) is 7.01. The highest BCUT2D eigenvalue weighted by atomic mass is 35.5. The molecule has 2 rings (SSSR count). The van der Waals surface area contributed by atoms with Crippen LogP contribution in [0.15, 0.2) is 48.5 Å². The van der Waals surface area contributed by atoms with Crippen LogP contribution in [0.1, 0.15) is 20.8 Å². The van der Waals surface area contributed by atoms with Gasteiger partial charge in [-0.15, -0.1) is 0 Å². The molecule has 0 saturated carbocycles. The molecule has 0 bridgehead atoms. The van der Waals surface area contributed by atoms with Crippen molar-refractivity contribution in [2.45, 2.75) is 20.8 Å². The summed E-state index contributed by atoms with van der Waals surface area (Å²) in [5, 5.41) is 6.14. The van der Waals surface area contributed by atoms with Gasteiger partial charge < -0.3 is 15.4 Å². The zero-order valence-electron chi connectivity index (χ0n) is 14.4. The quantitative estimate of drug-likeness (QED) is 0.833. The zero-order chi connectivity index (χ0) is 18.4. The molecule has 2 amide bonds. The Kier molecular flexibility index (Phi) is 6.04. The van der Waals surface area contributed by atoms with Gasteiger partial charge in [0, 0.05) is 27.9 Å². The molecule has 0 aliphatic rings. The summed E-state index contributed by atoms with van der Waals surface area (Å²) in [6, 6.07) is 13.7. The first-order valence-corrected chi connectivity index (χ1v) is 8.21. The number of nitrogens with one attached hydrogen (secondary N) is 2. The van der Waals surface area contributed by atoms with E-state index in [0.29, 0.717) is 22.1 Å². The third kappa shape index (κ3) is 6.12. The third-order valence-corrected chi connectivity index (χ3v) is 3.52. The zero-order valence-corrected chi connectivity index (χ0v) is 15.2. The highest BCUT2D eigenvalue weighted by Crippen LogP contribution is 2.21. The van der Waals surface area contributed by atoms with Gasteiger partial charge in [-0.25, -0.2) is 0 Å².